The highest BCUT2D eigenvalue weighted by molar-refractivity contribution is 5.94. The molecule has 1 aliphatic heterocycles. The summed E-state index contributed by atoms with van der Waals surface area (Å²) >= 11 is 0. The van der Waals surface area contributed by atoms with Crippen molar-refractivity contribution in [1.29, 1.82) is 0 Å². The highest BCUT2D eigenvalue weighted by Crippen LogP contribution is 2.27. The SMILES string of the molecule is C[C@H](Cc1ccc(O)cc1)NC(=O)N1CCc2ccccc21. The van der Waals surface area contributed by atoms with Crippen LogP contribution in [0.3, 0.4) is 0 Å². The second-order valence-electron chi connectivity index (χ2n) is 5.75. The van der Waals surface area contributed by atoms with Crippen molar-refractivity contribution in [2.45, 2.75) is 25.8 Å². The second-order valence-corrected chi connectivity index (χ2v) is 5.75. The number of nitrogens with one attached hydrogen (secondary N) is 1. The standard InChI is InChI=1S/C18H20N2O2/c1-13(12-14-6-8-16(21)9-7-14)19-18(22)20-11-10-15-4-2-3-5-17(15)20/h2-9,13,21H,10-12H2,1H3,(H,19,22)/t13-/m1/s1. The van der Waals surface area contributed by atoms with E-state index >= 15 is 0 Å². The summed E-state index contributed by atoms with van der Waals surface area (Å²) < 4.78 is 0. The third-order valence-electron chi connectivity index (χ3n) is 3.98. The van der Waals surface area contributed by atoms with Crippen LogP contribution >= 0.6 is 0 Å². The number of phenolic OH excluding ortho intramolecular Hbond substituents is 1. The van der Waals surface area contributed by atoms with Crippen molar-refractivity contribution in [1.82, 2.24) is 5.32 Å². The molecule has 1 heterocycles. The molecule has 4 heteroatoms. The predicted octanol–water partition coefficient (Wildman–Crippen LogP) is 3.10. The lowest BCUT2D eigenvalue weighted by molar-refractivity contribution is 0.243. The highest BCUT2D eigenvalue weighted by atomic mass is 16.3. The van der Waals surface area contributed by atoms with E-state index in [4.69, 9.17) is 0 Å². The monoisotopic (exact) mass is 296 g/mol. The van der Waals surface area contributed by atoms with Gasteiger partial charge in [-0.1, -0.05) is 30.3 Å². The normalized spacial score (nSPS) is 14.5. The number of nitrogens with zero attached hydrogens (tertiary/aromatic N) is 1. The molecule has 0 radical (unpaired) electrons. The second kappa shape index (κ2) is 6.10. The number of carbonyl (C=O) groups excluding carboxylic acids is 1. The minimum atomic E-state index is -0.0452. The molecule has 4 nitrogen and oxygen atoms in total. The first-order chi connectivity index (χ1) is 10.6. The van der Waals surface area contributed by atoms with E-state index in [1.165, 1.54) is 5.56 Å². The van der Waals surface area contributed by atoms with Crippen molar-refractivity contribution in [3.8, 4) is 5.75 Å². The Labute approximate surface area is 130 Å². The first-order valence-electron chi connectivity index (χ1n) is 7.57. The molecule has 114 valence electrons. The Balaban J connectivity index is 1.61. The van der Waals surface area contributed by atoms with Gasteiger partial charge in [0, 0.05) is 18.3 Å². The highest BCUT2D eigenvalue weighted by Gasteiger charge is 2.24. The summed E-state index contributed by atoms with van der Waals surface area (Å²) in [4.78, 5) is 14.2. The van der Waals surface area contributed by atoms with Gasteiger partial charge in [-0.2, -0.15) is 0 Å². The Hall–Kier alpha value is -2.49. The zero-order valence-corrected chi connectivity index (χ0v) is 12.6. The summed E-state index contributed by atoms with van der Waals surface area (Å²) in [5, 5.41) is 12.3. The number of hydrogen-bond donors (Lipinski definition) is 2. The molecule has 0 fully saturated rings. The van der Waals surface area contributed by atoms with Gasteiger partial charge in [0.1, 0.15) is 5.75 Å². The largest absolute Gasteiger partial charge is 0.508 e. The van der Waals surface area contributed by atoms with Crippen LogP contribution in [-0.4, -0.2) is 23.7 Å². The van der Waals surface area contributed by atoms with Gasteiger partial charge in [0.05, 0.1) is 0 Å². The van der Waals surface area contributed by atoms with Gasteiger partial charge in [0.15, 0.2) is 0 Å². The van der Waals surface area contributed by atoms with Gasteiger partial charge in [-0.25, -0.2) is 4.79 Å². The first kappa shape index (κ1) is 14.4. The molecule has 1 aliphatic rings. The Morgan fingerprint density at radius 3 is 2.73 bits per heavy atom. The van der Waals surface area contributed by atoms with Crippen molar-refractivity contribution in [3.63, 3.8) is 0 Å². The average Bonchev–Trinajstić information content (AvgIpc) is 2.93. The minimum Gasteiger partial charge on any atom is -0.508 e. The number of anilines is 1. The van der Waals surface area contributed by atoms with E-state index in [9.17, 15) is 9.90 Å². The van der Waals surface area contributed by atoms with Crippen LogP contribution in [0.5, 0.6) is 5.75 Å². The lowest BCUT2D eigenvalue weighted by Crippen LogP contribution is -2.44. The molecule has 2 N–H and O–H groups in total. The lowest BCUT2D eigenvalue weighted by atomic mass is 10.1. The maximum absolute atomic E-state index is 12.4. The van der Waals surface area contributed by atoms with Crippen LogP contribution in [-0.2, 0) is 12.8 Å². The number of amides is 2. The molecule has 2 aromatic rings. The Morgan fingerprint density at radius 1 is 1.23 bits per heavy atom. The number of fused-ring (bicyclic) bond motifs is 1. The summed E-state index contributed by atoms with van der Waals surface area (Å²) in [6.45, 7) is 2.73. The first-order valence-corrected chi connectivity index (χ1v) is 7.57. The van der Waals surface area contributed by atoms with Gasteiger partial charge in [0.2, 0.25) is 0 Å². The maximum atomic E-state index is 12.4. The summed E-state index contributed by atoms with van der Waals surface area (Å²) in [5.74, 6) is 0.258. The fourth-order valence-electron chi connectivity index (χ4n) is 2.87. The fraction of sp³-hybridized carbons (Fsp3) is 0.278. The molecule has 0 saturated carbocycles. The quantitative estimate of drug-likeness (QED) is 0.914. The van der Waals surface area contributed by atoms with Crippen molar-refractivity contribution >= 4 is 11.7 Å². The number of hydrogen-bond acceptors (Lipinski definition) is 2. The number of rotatable bonds is 3. The Morgan fingerprint density at radius 2 is 1.95 bits per heavy atom. The number of aromatic hydroxyl groups is 1. The summed E-state index contributed by atoms with van der Waals surface area (Å²) in [6.07, 6.45) is 1.65. The molecule has 22 heavy (non-hydrogen) atoms. The molecule has 2 aromatic carbocycles. The van der Waals surface area contributed by atoms with E-state index in [0.29, 0.717) is 0 Å². The average molecular weight is 296 g/mol. The van der Waals surface area contributed by atoms with Gasteiger partial charge in [-0.05, 0) is 49.1 Å². The van der Waals surface area contributed by atoms with Crippen LogP contribution in [0.1, 0.15) is 18.1 Å². The van der Waals surface area contributed by atoms with Crippen LogP contribution < -0.4 is 10.2 Å². The summed E-state index contributed by atoms with van der Waals surface area (Å²) in [7, 11) is 0. The summed E-state index contributed by atoms with van der Waals surface area (Å²) in [5.41, 5.74) is 3.33. The lowest BCUT2D eigenvalue weighted by Gasteiger charge is -2.21. The van der Waals surface area contributed by atoms with E-state index in [1.807, 2.05) is 42.2 Å². The van der Waals surface area contributed by atoms with Crippen LogP contribution in [0, 0.1) is 0 Å². The summed E-state index contributed by atoms with van der Waals surface area (Å²) in [6, 6.07) is 15.1. The third-order valence-corrected chi connectivity index (χ3v) is 3.98. The van der Waals surface area contributed by atoms with Gasteiger partial charge in [-0.15, -0.1) is 0 Å². The molecule has 2 amide bonds. The van der Waals surface area contributed by atoms with E-state index < -0.39 is 0 Å². The minimum absolute atomic E-state index is 0.0322. The number of phenols is 1. The van der Waals surface area contributed by atoms with Gasteiger partial charge >= 0.3 is 6.03 Å². The van der Waals surface area contributed by atoms with Crippen molar-refractivity contribution in [2.75, 3.05) is 11.4 Å². The molecule has 0 saturated heterocycles. The molecular weight excluding hydrogens is 276 g/mol. The van der Waals surface area contributed by atoms with Gasteiger partial charge in [0.25, 0.3) is 0 Å². The third kappa shape index (κ3) is 3.06. The van der Waals surface area contributed by atoms with Crippen LogP contribution in [0.4, 0.5) is 10.5 Å². The molecule has 3 rings (SSSR count). The molecule has 0 aromatic heterocycles. The number of carbonyl (C=O) groups is 1. The van der Waals surface area contributed by atoms with Crippen LogP contribution in [0.25, 0.3) is 0 Å². The molecule has 1 atom stereocenters. The van der Waals surface area contributed by atoms with Crippen molar-refractivity contribution in [3.05, 3.63) is 59.7 Å². The molecule has 0 unspecified atom stereocenters. The zero-order valence-electron chi connectivity index (χ0n) is 12.6. The smallest absolute Gasteiger partial charge is 0.322 e. The molecule has 0 spiro atoms. The van der Waals surface area contributed by atoms with E-state index in [1.54, 1.807) is 12.1 Å². The van der Waals surface area contributed by atoms with Crippen LogP contribution in [0.15, 0.2) is 48.5 Å². The van der Waals surface area contributed by atoms with Gasteiger partial charge < -0.3 is 10.4 Å². The van der Waals surface area contributed by atoms with Crippen molar-refractivity contribution < 1.29 is 9.90 Å². The molecule has 0 bridgehead atoms. The fourth-order valence-corrected chi connectivity index (χ4v) is 2.87. The number of urea groups is 1. The predicted molar refractivity (Wildman–Crippen MR) is 87.3 cm³/mol. The van der Waals surface area contributed by atoms with E-state index in [2.05, 4.69) is 11.4 Å². The maximum Gasteiger partial charge on any atom is 0.322 e. The molecule has 0 aliphatic carbocycles. The Bertz CT molecular complexity index is 667. The number of benzene rings is 2. The van der Waals surface area contributed by atoms with Gasteiger partial charge in [-0.3, -0.25) is 4.90 Å². The number of para-hydroxylation sites is 1. The van der Waals surface area contributed by atoms with Crippen LogP contribution in [0.2, 0.25) is 0 Å². The molecular formula is C18H20N2O2. The van der Waals surface area contributed by atoms with Crippen molar-refractivity contribution in [2.24, 2.45) is 0 Å². The Kier molecular flexibility index (Phi) is 4.00. The zero-order chi connectivity index (χ0) is 15.5. The topological polar surface area (TPSA) is 52.6 Å². The van der Waals surface area contributed by atoms with E-state index in [0.717, 1.165) is 30.6 Å². The van der Waals surface area contributed by atoms with E-state index in [-0.39, 0.29) is 17.8 Å².